The zero-order valence-corrected chi connectivity index (χ0v) is 11.4. The number of aliphatic hydroxyl groups excluding tert-OH is 2. The highest BCUT2D eigenvalue weighted by molar-refractivity contribution is 5.70. The van der Waals surface area contributed by atoms with Gasteiger partial charge in [-0.15, -0.1) is 0 Å². The molecule has 0 amide bonds. The van der Waals surface area contributed by atoms with Crippen LogP contribution in [0.5, 0.6) is 0 Å². The van der Waals surface area contributed by atoms with E-state index in [-0.39, 0.29) is 17.1 Å². The monoisotopic (exact) mass is 315 g/mol. The molecular weight excluding hydrogens is 301 g/mol. The number of alkyl halides is 1. The molecule has 2 aromatic heterocycles. The van der Waals surface area contributed by atoms with Crippen molar-refractivity contribution in [3.63, 3.8) is 0 Å². The number of aromatic nitrogens is 4. The summed E-state index contributed by atoms with van der Waals surface area (Å²) >= 11 is 0. The summed E-state index contributed by atoms with van der Waals surface area (Å²) in [5, 5.41) is 29.3. The fourth-order valence-corrected chi connectivity index (χ4v) is 2.52. The molecule has 1 aliphatic heterocycles. The van der Waals surface area contributed by atoms with Crippen LogP contribution < -0.4 is 11.3 Å². The summed E-state index contributed by atoms with van der Waals surface area (Å²) in [6, 6.07) is 0. The average Bonchev–Trinajstić information content (AvgIpc) is 2.93. The number of aliphatic hydroxyl groups is 3. The maximum absolute atomic E-state index is 14.3. The number of hydrogen-bond acceptors (Lipinski definition) is 8. The first kappa shape index (κ1) is 14.8. The number of halogens is 1. The number of aromatic amines is 1. The van der Waals surface area contributed by atoms with E-state index in [1.165, 1.54) is 0 Å². The maximum atomic E-state index is 14.3. The van der Waals surface area contributed by atoms with Crippen molar-refractivity contribution in [3.8, 4) is 0 Å². The number of hydrogen-bond donors (Lipinski definition) is 5. The molecule has 11 heteroatoms. The third-order valence-electron chi connectivity index (χ3n) is 3.69. The van der Waals surface area contributed by atoms with Gasteiger partial charge in [-0.3, -0.25) is 14.3 Å². The van der Waals surface area contributed by atoms with Crippen molar-refractivity contribution < 1.29 is 24.4 Å². The number of imidazole rings is 1. The SMILES string of the molecule is C[C@]1(O)C(n2cnc3c(=O)[nH]c(N)nc32)O[C@](F)(CO)[C@H]1O. The van der Waals surface area contributed by atoms with E-state index in [1.807, 2.05) is 0 Å². The van der Waals surface area contributed by atoms with Crippen molar-refractivity contribution in [2.45, 2.75) is 30.7 Å². The summed E-state index contributed by atoms with van der Waals surface area (Å²) < 4.78 is 20.3. The van der Waals surface area contributed by atoms with E-state index in [9.17, 15) is 19.4 Å². The lowest BCUT2D eigenvalue weighted by Crippen LogP contribution is -2.48. The maximum Gasteiger partial charge on any atom is 0.280 e. The first-order chi connectivity index (χ1) is 10.2. The van der Waals surface area contributed by atoms with Crippen molar-refractivity contribution in [2.24, 2.45) is 0 Å². The molecule has 0 saturated carbocycles. The molecule has 0 aliphatic carbocycles. The van der Waals surface area contributed by atoms with E-state index < -0.39 is 36.0 Å². The molecular formula is C11H14FN5O5. The highest BCUT2D eigenvalue weighted by Gasteiger charge is 2.62. The Balaban J connectivity index is 2.18. The number of H-pyrrole nitrogens is 1. The van der Waals surface area contributed by atoms with Crippen LogP contribution in [0.1, 0.15) is 13.2 Å². The molecule has 0 bridgehead atoms. The van der Waals surface area contributed by atoms with Gasteiger partial charge < -0.3 is 25.8 Å². The Labute approximate surface area is 122 Å². The topological polar surface area (TPSA) is 160 Å². The molecule has 4 atom stereocenters. The number of nitrogen functional groups attached to an aromatic ring is 1. The predicted molar refractivity (Wildman–Crippen MR) is 70.2 cm³/mol. The van der Waals surface area contributed by atoms with Gasteiger partial charge in [0.05, 0.1) is 6.33 Å². The Hall–Kier alpha value is -2.08. The van der Waals surface area contributed by atoms with Gasteiger partial charge in [-0.05, 0) is 6.92 Å². The molecule has 22 heavy (non-hydrogen) atoms. The summed E-state index contributed by atoms with van der Waals surface area (Å²) in [5.41, 5.74) is 2.58. The van der Waals surface area contributed by atoms with E-state index >= 15 is 0 Å². The van der Waals surface area contributed by atoms with Crippen LogP contribution in [-0.2, 0) is 4.74 Å². The largest absolute Gasteiger partial charge is 0.390 e. The lowest BCUT2D eigenvalue weighted by molar-refractivity contribution is -0.206. The zero-order valence-electron chi connectivity index (χ0n) is 11.4. The van der Waals surface area contributed by atoms with Crippen LogP contribution in [0.2, 0.25) is 0 Å². The molecule has 6 N–H and O–H groups in total. The zero-order chi connectivity index (χ0) is 16.3. The van der Waals surface area contributed by atoms with Gasteiger partial charge in [0.15, 0.2) is 17.4 Å². The highest BCUT2D eigenvalue weighted by atomic mass is 19.2. The number of nitrogens with zero attached hydrogens (tertiary/aromatic N) is 3. The fraction of sp³-hybridized carbons (Fsp3) is 0.545. The molecule has 0 spiro atoms. The van der Waals surface area contributed by atoms with Crippen molar-refractivity contribution in [1.82, 2.24) is 19.5 Å². The standard InChI is InChI=1S/C11H14FN5O5/c1-10(21)7(20)11(12,2-18)22-8(10)17-3-14-4-5(17)15-9(13)16-6(4)19/h3,7-8,18,20-21H,2H2,1H3,(H3,13,15,16,19)/t7-,8?,10+,11+/m0/s1. The minimum Gasteiger partial charge on any atom is -0.390 e. The van der Waals surface area contributed by atoms with E-state index in [1.54, 1.807) is 0 Å². The molecule has 1 fully saturated rings. The Morgan fingerprint density at radius 2 is 2.32 bits per heavy atom. The molecule has 2 aromatic rings. The Kier molecular flexibility index (Phi) is 3.01. The molecule has 0 radical (unpaired) electrons. The molecule has 10 nitrogen and oxygen atoms in total. The molecule has 0 aromatic carbocycles. The summed E-state index contributed by atoms with van der Waals surface area (Å²) in [4.78, 5) is 21.6. The normalized spacial score (nSPS) is 35.3. The predicted octanol–water partition coefficient (Wildman–Crippen LogP) is -2.00. The number of rotatable bonds is 2. The van der Waals surface area contributed by atoms with Crippen molar-refractivity contribution in [1.29, 1.82) is 0 Å². The van der Waals surface area contributed by atoms with Gasteiger partial charge in [-0.25, -0.2) is 9.37 Å². The minimum absolute atomic E-state index is 0.0547. The van der Waals surface area contributed by atoms with Crippen LogP contribution in [0, 0.1) is 0 Å². The van der Waals surface area contributed by atoms with Gasteiger partial charge in [-0.1, -0.05) is 0 Å². The van der Waals surface area contributed by atoms with Gasteiger partial charge in [0.25, 0.3) is 11.4 Å². The second-order valence-electron chi connectivity index (χ2n) is 5.32. The van der Waals surface area contributed by atoms with Crippen LogP contribution in [0.4, 0.5) is 10.3 Å². The molecule has 1 unspecified atom stereocenters. The first-order valence-electron chi connectivity index (χ1n) is 6.31. The number of ether oxygens (including phenoxy) is 1. The van der Waals surface area contributed by atoms with Gasteiger partial charge in [0.2, 0.25) is 5.95 Å². The van der Waals surface area contributed by atoms with Crippen LogP contribution in [0.15, 0.2) is 11.1 Å². The number of anilines is 1. The minimum atomic E-state index is -2.86. The van der Waals surface area contributed by atoms with Gasteiger partial charge >= 0.3 is 0 Å². The van der Waals surface area contributed by atoms with E-state index in [0.29, 0.717) is 0 Å². The second kappa shape index (κ2) is 4.46. The summed E-state index contributed by atoms with van der Waals surface area (Å²) in [6.45, 7) is -0.0364. The second-order valence-corrected chi connectivity index (χ2v) is 5.32. The quantitative estimate of drug-likeness (QED) is 0.425. The van der Waals surface area contributed by atoms with Gasteiger partial charge in [-0.2, -0.15) is 4.98 Å². The average molecular weight is 315 g/mol. The molecule has 3 heterocycles. The fourth-order valence-electron chi connectivity index (χ4n) is 2.52. The number of fused-ring (bicyclic) bond motifs is 1. The smallest absolute Gasteiger partial charge is 0.280 e. The van der Waals surface area contributed by atoms with Crippen LogP contribution in [-0.4, -0.2) is 59.0 Å². The van der Waals surface area contributed by atoms with Crippen molar-refractivity contribution >= 4 is 17.1 Å². The lowest BCUT2D eigenvalue weighted by Gasteiger charge is -2.27. The van der Waals surface area contributed by atoms with E-state index in [2.05, 4.69) is 15.0 Å². The third kappa shape index (κ3) is 1.83. The van der Waals surface area contributed by atoms with Crippen molar-refractivity contribution in [3.05, 3.63) is 16.7 Å². The number of nitrogens with two attached hydrogens (primary N) is 1. The van der Waals surface area contributed by atoms with Crippen molar-refractivity contribution in [2.75, 3.05) is 12.3 Å². The van der Waals surface area contributed by atoms with Crippen LogP contribution in [0.3, 0.4) is 0 Å². The molecule has 3 rings (SSSR count). The highest BCUT2D eigenvalue weighted by Crippen LogP contribution is 2.45. The van der Waals surface area contributed by atoms with Crippen LogP contribution >= 0.6 is 0 Å². The summed E-state index contributed by atoms with van der Waals surface area (Å²) in [6.07, 6.45) is -2.40. The van der Waals surface area contributed by atoms with E-state index in [4.69, 9.17) is 15.6 Å². The van der Waals surface area contributed by atoms with E-state index in [0.717, 1.165) is 17.8 Å². The molecule has 120 valence electrons. The van der Waals surface area contributed by atoms with Crippen LogP contribution in [0.25, 0.3) is 11.2 Å². The summed E-state index contributed by atoms with van der Waals surface area (Å²) in [5.74, 6) is -3.07. The summed E-state index contributed by atoms with van der Waals surface area (Å²) in [7, 11) is 0. The Bertz CT molecular complexity index is 789. The Morgan fingerprint density at radius 3 is 2.91 bits per heavy atom. The molecule has 1 aliphatic rings. The lowest BCUT2D eigenvalue weighted by atomic mass is 9.95. The Morgan fingerprint density at radius 1 is 1.64 bits per heavy atom. The van der Waals surface area contributed by atoms with Gasteiger partial charge in [0, 0.05) is 0 Å². The third-order valence-corrected chi connectivity index (χ3v) is 3.69. The first-order valence-corrected chi connectivity index (χ1v) is 6.31. The van der Waals surface area contributed by atoms with Gasteiger partial charge in [0.1, 0.15) is 18.3 Å². The molecule has 1 saturated heterocycles. The number of nitrogens with one attached hydrogen (secondary N) is 1.